The number of hydrogen-bond donors (Lipinski definition) is 0. The first kappa shape index (κ1) is 19.5. The van der Waals surface area contributed by atoms with Gasteiger partial charge in [-0.2, -0.15) is 5.26 Å². The van der Waals surface area contributed by atoms with E-state index in [0.29, 0.717) is 5.75 Å². The Hall–Kier alpha value is -2.26. The lowest BCUT2D eigenvalue weighted by atomic mass is 9.81. The molecule has 1 aliphatic carbocycles. The average molecular weight is 383 g/mol. The van der Waals surface area contributed by atoms with Crippen molar-refractivity contribution in [2.45, 2.75) is 56.3 Å². The van der Waals surface area contributed by atoms with Crippen LogP contribution >= 0.6 is 11.8 Å². The number of hydrogen-bond acceptors (Lipinski definition) is 4. The molecule has 1 saturated carbocycles. The van der Waals surface area contributed by atoms with Crippen LogP contribution in [0.2, 0.25) is 0 Å². The van der Waals surface area contributed by atoms with Crippen molar-refractivity contribution in [3.05, 3.63) is 36.5 Å². The maximum atomic E-state index is 12.8. The summed E-state index contributed by atoms with van der Waals surface area (Å²) in [4.78, 5) is 19.0. The molecular formula is C21H26N4OS. The van der Waals surface area contributed by atoms with Crippen molar-refractivity contribution in [1.82, 2.24) is 14.5 Å². The highest BCUT2D eigenvalue weighted by molar-refractivity contribution is 7.99. The van der Waals surface area contributed by atoms with Crippen LogP contribution in [0.3, 0.4) is 0 Å². The molecule has 0 spiro atoms. The van der Waals surface area contributed by atoms with Crippen molar-refractivity contribution in [2.24, 2.45) is 0 Å². The van der Waals surface area contributed by atoms with E-state index in [4.69, 9.17) is 0 Å². The van der Waals surface area contributed by atoms with E-state index in [2.05, 4.69) is 34.7 Å². The number of nitrogens with zero attached hydrogens (tertiary/aromatic N) is 4. The molecule has 0 saturated heterocycles. The molecule has 0 atom stereocenters. The third kappa shape index (κ3) is 4.03. The molecule has 0 unspecified atom stereocenters. The van der Waals surface area contributed by atoms with Crippen LogP contribution in [-0.2, 0) is 11.3 Å². The van der Waals surface area contributed by atoms with E-state index in [1.165, 1.54) is 11.8 Å². The number of nitriles is 1. The molecule has 1 amide bonds. The van der Waals surface area contributed by atoms with Gasteiger partial charge in [-0.3, -0.25) is 4.79 Å². The van der Waals surface area contributed by atoms with Crippen molar-refractivity contribution in [3.63, 3.8) is 0 Å². The van der Waals surface area contributed by atoms with E-state index in [9.17, 15) is 10.1 Å². The quantitative estimate of drug-likeness (QED) is 0.697. The Balaban J connectivity index is 1.70. The van der Waals surface area contributed by atoms with Crippen molar-refractivity contribution in [3.8, 4) is 17.3 Å². The van der Waals surface area contributed by atoms with Gasteiger partial charge in [0.2, 0.25) is 5.91 Å². The molecule has 6 heteroatoms. The second kappa shape index (κ2) is 8.62. The number of carbonyl (C=O) groups excluding carboxylic acids is 1. The highest BCUT2D eigenvalue weighted by Crippen LogP contribution is 2.33. The maximum Gasteiger partial charge on any atom is 0.234 e. The molecule has 2 aromatic rings. The lowest BCUT2D eigenvalue weighted by molar-refractivity contribution is -0.131. The van der Waals surface area contributed by atoms with Crippen LogP contribution in [0, 0.1) is 11.3 Å². The molecule has 1 heterocycles. The second-order valence-corrected chi connectivity index (χ2v) is 7.92. The molecule has 3 rings (SSSR count). The molecule has 1 aliphatic rings. The minimum atomic E-state index is -0.634. The van der Waals surface area contributed by atoms with E-state index >= 15 is 0 Å². The summed E-state index contributed by atoms with van der Waals surface area (Å²) < 4.78 is 2.13. The van der Waals surface area contributed by atoms with Gasteiger partial charge in [0, 0.05) is 13.6 Å². The zero-order valence-corrected chi connectivity index (χ0v) is 16.8. The molecule has 0 bridgehead atoms. The molecule has 5 nitrogen and oxygen atoms in total. The average Bonchev–Trinajstić information content (AvgIpc) is 3.15. The van der Waals surface area contributed by atoms with Crippen LogP contribution in [0.25, 0.3) is 11.3 Å². The van der Waals surface area contributed by atoms with Gasteiger partial charge in [0.15, 0.2) is 5.16 Å². The van der Waals surface area contributed by atoms with Gasteiger partial charge < -0.3 is 9.47 Å². The Morgan fingerprint density at radius 2 is 2.00 bits per heavy atom. The Bertz CT molecular complexity index is 818. The van der Waals surface area contributed by atoms with Crippen molar-refractivity contribution >= 4 is 17.7 Å². The molecule has 1 aromatic carbocycles. The van der Waals surface area contributed by atoms with Gasteiger partial charge in [-0.1, -0.05) is 61.4 Å². The number of amides is 1. The summed E-state index contributed by atoms with van der Waals surface area (Å²) in [6, 6.07) is 12.6. The van der Waals surface area contributed by atoms with Crippen molar-refractivity contribution in [1.29, 1.82) is 5.26 Å². The summed E-state index contributed by atoms with van der Waals surface area (Å²) in [6.07, 6.45) is 6.60. The summed E-state index contributed by atoms with van der Waals surface area (Å²) in [6.45, 7) is 2.87. The van der Waals surface area contributed by atoms with E-state index < -0.39 is 5.54 Å². The molecule has 0 radical (unpaired) electrons. The van der Waals surface area contributed by atoms with Gasteiger partial charge in [-0.05, 0) is 25.3 Å². The summed E-state index contributed by atoms with van der Waals surface area (Å²) in [5.74, 6) is 0.293. The molecule has 1 aromatic heterocycles. The maximum absolute atomic E-state index is 12.8. The fourth-order valence-corrected chi connectivity index (χ4v) is 4.70. The standard InChI is InChI=1S/C21H26N4OS/c1-3-25-18(17-10-6-4-7-11-17)14-23-20(25)27-15-19(26)24(2)21(16-22)12-8-5-9-13-21/h4,6-7,10-11,14H,3,5,8-9,12-13,15H2,1-2H3. The van der Waals surface area contributed by atoms with Gasteiger partial charge in [-0.25, -0.2) is 4.98 Å². The Kier molecular flexibility index (Phi) is 6.22. The van der Waals surface area contributed by atoms with Gasteiger partial charge >= 0.3 is 0 Å². The van der Waals surface area contributed by atoms with E-state index in [-0.39, 0.29) is 5.91 Å². The highest BCUT2D eigenvalue weighted by atomic mass is 32.2. The summed E-state index contributed by atoms with van der Waals surface area (Å²) in [5, 5.41) is 10.5. The van der Waals surface area contributed by atoms with Crippen LogP contribution < -0.4 is 0 Å². The van der Waals surface area contributed by atoms with Gasteiger partial charge in [0.25, 0.3) is 0 Å². The number of benzene rings is 1. The summed E-state index contributed by atoms with van der Waals surface area (Å²) >= 11 is 1.45. The number of aromatic nitrogens is 2. The summed E-state index contributed by atoms with van der Waals surface area (Å²) in [5.41, 5.74) is 1.54. The SMILES string of the molecule is CCn1c(-c2ccccc2)cnc1SCC(=O)N(C)C1(C#N)CCCCC1. The Labute approximate surface area is 165 Å². The zero-order valence-electron chi connectivity index (χ0n) is 16.0. The van der Waals surface area contributed by atoms with E-state index in [1.807, 2.05) is 24.4 Å². The lowest BCUT2D eigenvalue weighted by Crippen LogP contribution is -2.50. The first-order chi connectivity index (χ1) is 13.1. The van der Waals surface area contributed by atoms with Gasteiger partial charge in [0.1, 0.15) is 5.54 Å². The van der Waals surface area contributed by atoms with E-state index in [1.54, 1.807) is 11.9 Å². The van der Waals surface area contributed by atoms with Crippen LogP contribution in [0.15, 0.2) is 41.7 Å². The molecular weight excluding hydrogens is 356 g/mol. The smallest absolute Gasteiger partial charge is 0.234 e. The summed E-state index contributed by atoms with van der Waals surface area (Å²) in [7, 11) is 1.78. The van der Waals surface area contributed by atoms with E-state index in [0.717, 1.165) is 55.1 Å². The first-order valence-corrected chi connectivity index (χ1v) is 10.5. The zero-order chi connectivity index (χ0) is 19.3. The van der Waals surface area contributed by atoms with Crippen LogP contribution in [0.4, 0.5) is 0 Å². The molecule has 142 valence electrons. The molecule has 1 fully saturated rings. The topological polar surface area (TPSA) is 61.9 Å². The third-order valence-electron chi connectivity index (χ3n) is 5.43. The van der Waals surface area contributed by atoms with Crippen LogP contribution in [0.5, 0.6) is 0 Å². The Morgan fingerprint density at radius 3 is 2.63 bits per heavy atom. The number of imidazole rings is 1. The third-order valence-corrected chi connectivity index (χ3v) is 6.41. The predicted octanol–water partition coefficient (Wildman–Crippen LogP) is 4.35. The minimum absolute atomic E-state index is 0.00429. The fraction of sp³-hybridized carbons (Fsp3) is 0.476. The van der Waals surface area contributed by atoms with Crippen LogP contribution in [0.1, 0.15) is 39.0 Å². The number of rotatable bonds is 6. The minimum Gasteiger partial charge on any atom is -0.326 e. The largest absolute Gasteiger partial charge is 0.326 e. The number of thioether (sulfide) groups is 1. The molecule has 0 aliphatic heterocycles. The van der Waals surface area contributed by atoms with Gasteiger partial charge in [0.05, 0.1) is 23.7 Å². The monoisotopic (exact) mass is 382 g/mol. The van der Waals surface area contributed by atoms with Crippen molar-refractivity contribution in [2.75, 3.05) is 12.8 Å². The first-order valence-electron chi connectivity index (χ1n) is 9.53. The number of carbonyl (C=O) groups is 1. The van der Waals surface area contributed by atoms with Crippen molar-refractivity contribution < 1.29 is 4.79 Å². The van der Waals surface area contributed by atoms with Crippen LogP contribution in [-0.4, -0.2) is 38.7 Å². The Morgan fingerprint density at radius 1 is 1.30 bits per heavy atom. The lowest BCUT2D eigenvalue weighted by Gasteiger charge is -2.39. The second-order valence-electron chi connectivity index (χ2n) is 6.98. The van der Waals surface area contributed by atoms with Gasteiger partial charge in [-0.15, -0.1) is 0 Å². The molecule has 27 heavy (non-hydrogen) atoms. The fourth-order valence-electron chi connectivity index (χ4n) is 3.74. The predicted molar refractivity (Wildman–Crippen MR) is 108 cm³/mol. The highest BCUT2D eigenvalue weighted by Gasteiger charge is 2.38. The molecule has 0 N–H and O–H groups in total. The normalized spacial score (nSPS) is 15.9.